The lowest BCUT2D eigenvalue weighted by molar-refractivity contribution is -0.137. The fourth-order valence-electron chi connectivity index (χ4n) is 3.53. The Morgan fingerprint density at radius 3 is 2.38 bits per heavy atom. The maximum atomic E-state index is 13.5. The second-order valence-corrected chi connectivity index (χ2v) is 9.43. The summed E-state index contributed by atoms with van der Waals surface area (Å²) in [7, 11) is -4.28. The molecule has 32 heavy (non-hydrogen) atoms. The van der Waals surface area contributed by atoms with Crippen LogP contribution in [0.4, 0.5) is 29.3 Å². The van der Waals surface area contributed by atoms with Crippen molar-refractivity contribution in [3.05, 3.63) is 88.4 Å². The minimum atomic E-state index is -4.55. The molecule has 1 aliphatic rings. The molecule has 0 saturated heterocycles. The number of halogens is 4. The molecule has 1 aliphatic heterocycles. The summed E-state index contributed by atoms with van der Waals surface area (Å²) in [5, 5.41) is 0.233. The van der Waals surface area contributed by atoms with Gasteiger partial charge in [-0.25, -0.2) is 13.2 Å². The molecule has 166 valence electrons. The predicted molar refractivity (Wildman–Crippen MR) is 115 cm³/mol. The molecular formula is C22H16ClF3N2O3S. The van der Waals surface area contributed by atoms with Gasteiger partial charge < -0.3 is 0 Å². The zero-order valence-corrected chi connectivity index (χ0v) is 18.2. The number of fused-ring (bicyclic) bond motifs is 1. The van der Waals surface area contributed by atoms with E-state index in [1.54, 1.807) is 25.1 Å². The molecule has 0 N–H and O–H groups in total. The van der Waals surface area contributed by atoms with Gasteiger partial charge in [0, 0.05) is 5.02 Å². The van der Waals surface area contributed by atoms with Crippen molar-refractivity contribution < 1.29 is 26.4 Å². The van der Waals surface area contributed by atoms with Crippen LogP contribution in [0.3, 0.4) is 0 Å². The Labute approximate surface area is 187 Å². The Balaban J connectivity index is 1.86. The van der Waals surface area contributed by atoms with E-state index >= 15 is 0 Å². The number of urea groups is 1. The van der Waals surface area contributed by atoms with Gasteiger partial charge in [-0.1, -0.05) is 41.9 Å². The minimum absolute atomic E-state index is 0.0750. The van der Waals surface area contributed by atoms with Crippen LogP contribution in [0.1, 0.15) is 16.7 Å². The van der Waals surface area contributed by atoms with Gasteiger partial charge in [0.25, 0.3) is 10.0 Å². The first-order valence-corrected chi connectivity index (χ1v) is 11.2. The molecule has 0 fully saturated rings. The monoisotopic (exact) mass is 480 g/mol. The van der Waals surface area contributed by atoms with Crippen LogP contribution < -0.4 is 9.21 Å². The van der Waals surface area contributed by atoms with E-state index in [1.165, 1.54) is 36.4 Å². The summed E-state index contributed by atoms with van der Waals surface area (Å²) < 4.78 is 66.8. The molecule has 0 saturated carbocycles. The summed E-state index contributed by atoms with van der Waals surface area (Å²) in [5.74, 6) is 0. The molecule has 0 atom stereocenters. The summed E-state index contributed by atoms with van der Waals surface area (Å²) in [6, 6.07) is 14.0. The molecule has 5 nitrogen and oxygen atoms in total. The van der Waals surface area contributed by atoms with Crippen LogP contribution in [-0.4, -0.2) is 14.4 Å². The third-order valence-electron chi connectivity index (χ3n) is 5.06. The predicted octanol–water partition coefficient (Wildman–Crippen LogP) is 6.00. The number of sulfonamides is 1. The number of alkyl halides is 3. The Bertz CT molecular complexity index is 1330. The van der Waals surface area contributed by atoms with Gasteiger partial charge in [-0.05, 0) is 54.4 Å². The number of nitrogens with zero attached hydrogens (tertiary/aromatic N) is 2. The van der Waals surface area contributed by atoms with Crippen molar-refractivity contribution in [1.82, 2.24) is 0 Å². The Morgan fingerprint density at radius 1 is 0.938 bits per heavy atom. The molecule has 0 aromatic heterocycles. The lowest BCUT2D eigenvalue weighted by atomic mass is 10.1. The van der Waals surface area contributed by atoms with Crippen LogP contribution in [0.15, 0.2) is 71.6 Å². The van der Waals surface area contributed by atoms with E-state index in [4.69, 9.17) is 11.6 Å². The normalized spacial score (nSPS) is 15.6. The fourth-order valence-corrected chi connectivity index (χ4v) is 5.34. The van der Waals surface area contributed by atoms with Crippen LogP contribution in [0.5, 0.6) is 0 Å². The molecule has 0 radical (unpaired) electrons. The Hall–Kier alpha value is -3.04. The van der Waals surface area contributed by atoms with Gasteiger partial charge in [-0.3, -0.25) is 4.90 Å². The number of benzene rings is 3. The van der Waals surface area contributed by atoms with Gasteiger partial charge in [0.2, 0.25) is 0 Å². The van der Waals surface area contributed by atoms with Gasteiger partial charge in [0.05, 0.1) is 23.5 Å². The van der Waals surface area contributed by atoms with E-state index in [-0.39, 0.29) is 33.4 Å². The summed E-state index contributed by atoms with van der Waals surface area (Å²) in [5.41, 5.74) is -0.00504. The standard InChI is InChI=1S/C22H16ClF3N2O3S/c1-14-9-10-17(23)12-19(14)28-21(29)27(18-7-2-3-8-20(18)32(28,30)31)13-15-5-4-6-16(11-15)22(24,25)26/h2-12H,13H2,1H3. The van der Waals surface area contributed by atoms with Gasteiger partial charge >= 0.3 is 12.2 Å². The van der Waals surface area contributed by atoms with Gasteiger partial charge in [0.1, 0.15) is 4.90 Å². The third-order valence-corrected chi connectivity index (χ3v) is 7.03. The summed E-state index contributed by atoms with van der Waals surface area (Å²) in [6.07, 6.45) is -4.55. The zero-order chi connectivity index (χ0) is 23.3. The van der Waals surface area contributed by atoms with Crippen LogP contribution in [0.2, 0.25) is 5.02 Å². The number of amides is 2. The average Bonchev–Trinajstić information content (AvgIpc) is 2.73. The number of anilines is 2. The van der Waals surface area contributed by atoms with E-state index in [9.17, 15) is 26.4 Å². The van der Waals surface area contributed by atoms with Crippen molar-refractivity contribution in [2.45, 2.75) is 24.5 Å². The van der Waals surface area contributed by atoms with E-state index in [2.05, 4.69) is 0 Å². The number of aryl methyl sites for hydroxylation is 1. The summed E-state index contributed by atoms with van der Waals surface area (Å²) in [4.78, 5) is 14.5. The number of carbonyl (C=O) groups excluding carboxylic acids is 1. The average molecular weight is 481 g/mol. The number of para-hydroxylation sites is 1. The Kier molecular flexibility index (Phi) is 5.42. The highest BCUT2D eigenvalue weighted by molar-refractivity contribution is 7.94. The van der Waals surface area contributed by atoms with Crippen LogP contribution >= 0.6 is 11.6 Å². The minimum Gasteiger partial charge on any atom is -0.287 e. The van der Waals surface area contributed by atoms with Gasteiger partial charge in [0.15, 0.2) is 0 Å². The topological polar surface area (TPSA) is 57.7 Å². The van der Waals surface area contributed by atoms with Crippen molar-refractivity contribution in [3.63, 3.8) is 0 Å². The van der Waals surface area contributed by atoms with E-state index < -0.39 is 27.8 Å². The third kappa shape index (κ3) is 3.82. The largest absolute Gasteiger partial charge is 0.416 e. The first-order valence-electron chi connectivity index (χ1n) is 9.38. The molecule has 2 amide bonds. The van der Waals surface area contributed by atoms with Crippen molar-refractivity contribution in [1.29, 1.82) is 0 Å². The SMILES string of the molecule is Cc1ccc(Cl)cc1N1C(=O)N(Cc2cccc(C(F)(F)F)c2)c2ccccc2S1(=O)=O. The lowest BCUT2D eigenvalue weighted by Crippen LogP contribution is -2.51. The number of carbonyl (C=O) groups is 1. The molecule has 0 unspecified atom stereocenters. The van der Waals surface area contributed by atoms with Gasteiger partial charge in [-0.15, -0.1) is 0 Å². The van der Waals surface area contributed by atoms with E-state index in [1.807, 2.05) is 0 Å². The number of rotatable bonds is 3. The first-order chi connectivity index (χ1) is 15.0. The fraction of sp³-hybridized carbons (Fsp3) is 0.136. The van der Waals surface area contributed by atoms with Crippen molar-refractivity contribution >= 4 is 39.0 Å². The molecule has 4 rings (SSSR count). The molecular weight excluding hydrogens is 465 g/mol. The molecule has 0 aliphatic carbocycles. The molecule has 3 aromatic rings. The molecule has 0 bridgehead atoms. The second-order valence-electron chi connectivity index (χ2n) is 7.23. The van der Waals surface area contributed by atoms with Crippen LogP contribution in [0.25, 0.3) is 0 Å². The highest BCUT2D eigenvalue weighted by Crippen LogP contribution is 2.40. The summed E-state index contributed by atoms with van der Waals surface area (Å²) >= 11 is 6.05. The molecule has 1 heterocycles. The number of hydrogen-bond donors (Lipinski definition) is 0. The maximum Gasteiger partial charge on any atom is 0.416 e. The second kappa shape index (κ2) is 7.83. The molecule has 3 aromatic carbocycles. The zero-order valence-electron chi connectivity index (χ0n) is 16.6. The molecule has 10 heteroatoms. The van der Waals surface area contributed by atoms with Crippen LogP contribution in [0, 0.1) is 6.92 Å². The van der Waals surface area contributed by atoms with Crippen molar-refractivity contribution in [3.8, 4) is 0 Å². The maximum absolute atomic E-state index is 13.5. The van der Waals surface area contributed by atoms with Crippen molar-refractivity contribution in [2.24, 2.45) is 0 Å². The highest BCUT2D eigenvalue weighted by Gasteiger charge is 2.43. The lowest BCUT2D eigenvalue weighted by Gasteiger charge is -2.37. The van der Waals surface area contributed by atoms with Crippen LogP contribution in [-0.2, 0) is 22.7 Å². The van der Waals surface area contributed by atoms with E-state index in [0.717, 1.165) is 17.0 Å². The first kappa shape index (κ1) is 22.2. The summed E-state index contributed by atoms with van der Waals surface area (Å²) in [6.45, 7) is 1.37. The quantitative estimate of drug-likeness (QED) is 0.462. The Morgan fingerprint density at radius 2 is 1.66 bits per heavy atom. The number of hydrogen-bond acceptors (Lipinski definition) is 3. The van der Waals surface area contributed by atoms with E-state index in [0.29, 0.717) is 9.87 Å². The van der Waals surface area contributed by atoms with Gasteiger partial charge in [-0.2, -0.15) is 17.5 Å². The smallest absolute Gasteiger partial charge is 0.287 e. The molecule has 0 spiro atoms. The highest BCUT2D eigenvalue weighted by atomic mass is 35.5. The van der Waals surface area contributed by atoms with Crippen molar-refractivity contribution in [2.75, 3.05) is 9.21 Å².